The zero-order valence-electron chi connectivity index (χ0n) is 11.1. The maximum atomic E-state index is 13.1. The van der Waals surface area contributed by atoms with Gasteiger partial charge >= 0.3 is 0 Å². The zero-order chi connectivity index (χ0) is 14.8. The predicted octanol–water partition coefficient (Wildman–Crippen LogP) is 2.89. The van der Waals surface area contributed by atoms with Crippen molar-refractivity contribution in [2.75, 3.05) is 10.6 Å². The van der Waals surface area contributed by atoms with Gasteiger partial charge in [-0.2, -0.15) is 0 Å². The SMILES string of the molecule is O=C(CC1C(=O)Nc2ccccc21)Nc1cccc(F)c1. The number of amides is 2. The van der Waals surface area contributed by atoms with Crippen LogP contribution in [0.2, 0.25) is 0 Å². The second kappa shape index (κ2) is 5.36. The zero-order valence-corrected chi connectivity index (χ0v) is 11.1. The number of fused-ring (bicyclic) bond motifs is 1. The summed E-state index contributed by atoms with van der Waals surface area (Å²) >= 11 is 0. The Morgan fingerprint density at radius 1 is 1.19 bits per heavy atom. The third-order valence-electron chi connectivity index (χ3n) is 3.41. The van der Waals surface area contributed by atoms with Crippen molar-refractivity contribution < 1.29 is 14.0 Å². The van der Waals surface area contributed by atoms with Crippen LogP contribution in [0.1, 0.15) is 17.9 Å². The van der Waals surface area contributed by atoms with Crippen LogP contribution in [0.15, 0.2) is 48.5 Å². The number of hydrogen-bond acceptors (Lipinski definition) is 2. The molecule has 2 aromatic rings. The number of hydrogen-bond donors (Lipinski definition) is 2. The number of benzene rings is 2. The van der Waals surface area contributed by atoms with Crippen LogP contribution in [0.25, 0.3) is 0 Å². The largest absolute Gasteiger partial charge is 0.326 e. The third kappa shape index (κ3) is 2.76. The number of rotatable bonds is 3. The van der Waals surface area contributed by atoms with Gasteiger partial charge in [0.25, 0.3) is 0 Å². The van der Waals surface area contributed by atoms with Gasteiger partial charge < -0.3 is 10.6 Å². The summed E-state index contributed by atoms with van der Waals surface area (Å²) in [5, 5.41) is 5.35. The maximum Gasteiger partial charge on any atom is 0.232 e. The molecule has 0 aliphatic carbocycles. The number of para-hydroxylation sites is 1. The van der Waals surface area contributed by atoms with Crippen molar-refractivity contribution in [2.45, 2.75) is 12.3 Å². The molecule has 2 N–H and O–H groups in total. The van der Waals surface area contributed by atoms with Gasteiger partial charge in [0.15, 0.2) is 0 Å². The van der Waals surface area contributed by atoms with E-state index in [2.05, 4.69) is 10.6 Å². The highest BCUT2D eigenvalue weighted by Gasteiger charge is 2.31. The molecule has 1 aliphatic rings. The number of halogens is 1. The fourth-order valence-electron chi connectivity index (χ4n) is 2.44. The van der Waals surface area contributed by atoms with E-state index in [1.54, 1.807) is 12.1 Å². The summed E-state index contributed by atoms with van der Waals surface area (Å²) in [4.78, 5) is 23.9. The van der Waals surface area contributed by atoms with Crippen molar-refractivity contribution in [1.82, 2.24) is 0 Å². The minimum absolute atomic E-state index is 0.0271. The first-order chi connectivity index (χ1) is 10.1. The van der Waals surface area contributed by atoms with Gasteiger partial charge in [0.05, 0.1) is 5.92 Å². The number of nitrogens with one attached hydrogen (secondary N) is 2. The van der Waals surface area contributed by atoms with E-state index in [1.807, 2.05) is 18.2 Å². The number of carbonyl (C=O) groups excluding carboxylic acids is 2. The Kier molecular flexibility index (Phi) is 3.39. The van der Waals surface area contributed by atoms with Gasteiger partial charge in [-0.1, -0.05) is 24.3 Å². The molecule has 1 atom stereocenters. The fourth-order valence-corrected chi connectivity index (χ4v) is 2.44. The Bertz CT molecular complexity index is 715. The minimum Gasteiger partial charge on any atom is -0.326 e. The van der Waals surface area contributed by atoms with Crippen LogP contribution >= 0.6 is 0 Å². The molecule has 1 unspecified atom stereocenters. The molecular formula is C16H13FN2O2. The molecule has 21 heavy (non-hydrogen) atoms. The highest BCUT2D eigenvalue weighted by Crippen LogP contribution is 2.34. The molecule has 2 amide bonds. The Morgan fingerprint density at radius 2 is 2.00 bits per heavy atom. The minimum atomic E-state index is -0.505. The van der Waals surface area contributed by atoms with Crippen LogP contribution in [0.3, 0.4) is 0 Å². The van der Waals surface area contributed by atoms with Crippen molar-refractivity contribution in [3.63, 3.8) is 0 Å². The Morgan fingerprint density at radius 3 is 2.81 bits per heavy atom. The average molecular weight is 284 g/mol. The van der Waals surface area contributed by atoms with Crippen LogP contribution in [-0.4, -0.2) is 11.8 Å². The Hall–Kier alpha value is -2.69. The van der Waals surface area contributed by atoms with Gasteiger partial charge in [-0.25, -0.2) is 4.39 Å². The van der Waals surface area contributed by atoms with Crippen LogP contribution in [-0.2, 0) is 9.59 Å². The van der Waals surface area contributed by atoms with Gasteiger partial charge in [-0.15, -0.1) is 0 Å². The van der Waals surface area contributed by atoms with E-state index in [4.69, 9.17) is 0 Å². The van der Waals surface area contributed by atoms with E-state index in [0.717, 1.165) is 11.3 Å². The van der Waals surface area contributed by atoms with Crippen LogP contribution in [0.4, 0.5) is 15.8 Å². The van der Waals surface area contributed by atoms with Crippen molar-refractivity contribution in [3.05, 3.63) is 59.9 Å². The molecule has 0 spiro atoms. The van der Waals surface area contributed by atoms with E-state index in [-0.39, 0.29) is 18.2 Å². The molecule has 0 aromatic heterocycles. The lowest BCUT2D eigenvalue weighted by atomic mass is 9.97. The second-order valence-electron chi connectivity index (χ2n) is 4.89. The topological polar surface area (TPSA) is 58.2 Å². The first kappa shape index (κ1) is 13.3. The van der Waals surface area contributed by atoms with Crippen molar-refractivity contribution in [2.24, 2.45) is 0 Å². The summed E-state index contributed by atoms with van der Waals surface area (Å²) in [7, 11) is 0. The standard InChI is InChI=1S/C16H13FN2O2/c17-10-4-3-5-11(8-10)18-15(20)9-13-12-6-1-2-7-14(12)19-16(13)21/h1-8,13H,9H2,(H,18,20)(H,19,21). The average Bonchev–Trinajstić information content (AvgIpc) is 2.75. The molecule has 0 fully saturated rings. The van der Waals surface area contributed by atoms with Crippen molar-refractivity contribution in [3.8, 4) is 0 Å². The van der Waals surface area contributed by atoms with E-state index in [1.165, 1.54) is 18.2 Å². The summed E-state index contributed by atoms with van der Waals surface area (Å²) in [6.07, 6.45) is 0.0271. The monoisotopic (exact) mass is 284 g/mol. The van der Waals surface area contributed by atoms with Crippen molar-refractivity contribution in [1.29, 1.82) is 0 Å². The predicted molar refractivity (Wildman–Crippen MR) is 77.5 cm³/mol. The molecule has 1 aliphatic heterocycles. The highest BCUT2D eigenvalue weighted by molar-refractivity contribution is 6.06. The quantitative estimate of drug-likeness (QED) is 0.910. The molecule has 3 rings (SSSR count). The van der Waals surface area contributed by atoms with Gasteiger partial charge in [-0.3, -0.25) is 9.59 Å². The first-order valence-corrected chi connectivity index (χ1v) is 6.59. The smallest absolute Gasteiger partial charge is 0.232 e. The molecule has 0 radical (unpaired) electrons. The van der Waals surface area contributed by atoms with Crippen LogP contribution in [0, 0.1) is 5.82 Å². The lowest BCUT2D eigenvalue weighted by Crippen LogP contribution is -2.20. The Balaban J connectivity index is 1.72. The first-order valence-electron chi connectivity index (χ1n) is 6.59. The van der Waals surface area contributed by atoms with Crippen LogP contribution in [0.5, 0.6) is 0 Å². The Labute approximate surface area is 121 Å². The van der Waals surface area contributed by atoms with E-state index in [0.29, 0.717) is 5.69 Å². The second-order valence-corrected chi connectivity index (χ2v) is 4.89. The van der Waals surface area contributed by atoms with Gasteiger partial charge in [0.2, 0.25) is 11.8 Å². The van der Waals surface area contributed by atoms with Gasteiger partial charge in [0, 0.05) is 17.8 Å². The molecule has 0 saturated heterocycles. The van der Waals surface area contributed by atoms with Crippen molar-refractivity contribution >= 4 is 23.2 Å². The summed E-state index contributed by atoms with van der Waals surface area (Å²) in [5.41, 5.74) is 1.94. The van der Waals surface area contributed by atoms with Crippen LogP contribution < -0.4 is 10.6 Å². The van der Waals surface area contributed by atoms with E-state index < -0.39 is 11.7 Å². The maximum absolute atomic E-state index is 13.1. The number of anilines is 2. The molecule has 5 heteroatoms. The van der Waals surface area contributed by atoms with E-state index in [9.17, 15) is 14.0 Å². The van der Waals surface area contributed by atoms with Gasteiger partial charge in [0.1, 0.15) is 5.82 Å². The highest BCUT2D eigenvalue weighted by atomic mass is 19.1. The molecule has 0 saturated carbocycles. The molecular weight excluding hydrogens is 271 g/mol. The van der Waals surface area contributed by atoms with Gasteiger partial charge in [-0.05, 0) is 29.8 Å². The summed E-state index contributed by atoms with van der Waals surface area (Å²) in [6, 6.07) is 12.9. The lowest BCUT2D eigenvalue weighted by Gasteiger charge is -2.09. The summed E-state index contributed by atoms with van der Waals surface area (Å²) < 4.78 is 13.1. The summed E-state index contributed by atoms with van der Waals surface area (Å²) in [6.45, 7) is 0. The normalized spacial score (nSPS) is 16.2. The number of carbonyl (C=O) groups is 2. The third-order valence-corrected chi connectivity index (χ3v) is 3.41. The fraction of sp³-hybridized carbons (Fsp3) is 0.125. The summed E-state index contributed by atoms with van der Waals surface area (Å²) in [5.74, 6) is -1.44. The molecule has 106 valence electrons. The molecule has 2 aromatic carbocycles. The molecule has 0 bridgehead atoms. The molecule has 1 heterocycles. The van der Waals surface area contributed by atoms with E-state index >= 15 is 0 Å². The lowest BCUT2D eigenvalue weighted by molar-refractivity contribution is -0.122. The molecule has 4 nitrogen and oxygen atoms in total.